The molecule has 0 radical (unpaired) electrons. The standard InChI is InChI=1S/C25H25ClN4O3S2/c1-3-5-23-29-30-25(35-23)28-24(31)18(16-27)14-17-6-11-21(22(15-17)32-4-2)33-12-13-34-20-9-7-19(26)8-10-20/h6-11,14-15H,3-5,12-13H2,1-2H3,(H,28,30,31)/b18-14-. The number of nitriles is 1. The Bertz CT molecular complexity index is 1210. The zero-order valence-corrected chi connectivity index (χ0v) is 21.8. The van der Waals surface area contributed by atoms with E-state index in [-0.39, 0.29) is 5.57 Å². The number of hydrogen-bond acceptors (Lipinski definition) is 8. The van der Waals surface area contributed by atoms with Gasteiger partial charge in [0.05, 0.1) is 13.2 Å². The van der Waals surface area contributed by atoms with Crippen LogP contribution in [0, 0.1) is 11.3 Å². The number of aryl methyl sites for hydroxylation is 1. The highest BCUT2D eigenvalue weighted by Crippen LogP contribution is 2.30. The molecule has 0 atom stereocenters. The molecule has 1 amide bonds. The third kappa shape index (κ3) is 8.28. The number of rotatable bonds is 12. The molecule has 182 valence electrons. The Hall–Kier alpha value is -3.06. The smallest absolute Gasteiger partial charge is 0.268 e. The van der Waals surface area contributed by atoms with E-state index in [0.29, 0.717) is 40.4 Å². The number of hydrogen-bond donors (Lipinski definition) is 1. The van der Waals surface area contributed by atoms with E-state index in [2.05, 4.69) is 15.5 Å². The van der Waals surface area contributed by atoms with Gasteiger partial charge in [0.15, 0.2) is 11.5 Å². The Kier molecular flexibility index (Phi) is 10.4. The molecule has 0 spiro atoms. The summed E-state index contributed by atoms with van der Waals surface area (Å²) in [4.78, 5) is 13.7. The summed E-state index contributed by atoms with van der Waals surface area (Å²) in [6.45, 7) is 4.86. The number of anilines is 1. The van der Waals surface area contributed by atoms with Gasteiger partial charge < -0.3 is 9.47 Å². The van der Waals surface area contributed by atoms with Crippen LogP contribution in [-0.4, -0.2) is 35.1 Å². The van der Waals surface area contributed by atoms with E-state index in [4.69, 9.17) is 21.1 Å². The second-order valence-corrected chi connectivity index (χ2v) is 9.83. The predicted molar refractivity (Wildman–Crippen MR) is 141 cm³/mol. The number of nitrogens with one attached hydrogen (secondary N) is 1. The Labute approximate surface area is 218 Å². The summed E-state index contributed by atoms with van der Waals surface area (Å²) in [6.07, 6.45) is 3.24. The van der Waals surface area contributed by atoms with Crippen LogP contribution in [0.15, 0.2) is 52.9 Å². The fourth-order valence-corrected chi connectivity index (χ4v) is 4.64. The largest absolute Gasteiger partial charge is 0.490 e. The number of aromatic nitrogens is 2. The number of ether oxygens (including phenoxy) is 2. The summed E-state index contributed by atoms with van der Waals surface area (Å²) in [5.74, 6) is 1.35. The fraction of sp³-hybridized carbons (Fsp3) is 0.280. The van der Waals surface area contributed by atoms with Crippen LogP contribution in [0.3, 0.4) is 0 Å². The first-order valence-corrected chi connectivity index (χ1v) is 13.2. The highest BCUT2D eigenvalue weighted by Gasteiger charge is 2.14. The maximum Gasteiger partial charge on any atom is 0.268 e. The van der Waals surface area contributed by atoms with E-state index >= 15 is 0 Å². The van der Waals surface area contributed by atoms with Gasteiger partial charge in [-0.15, -0.1) is 22.0 Å². The zero-order valence-electron chi connectivity index (χ0n) is 19.4. The SMILES string of the molecule is CCCc1nnc(NC(=O)/C(C#N)=C\c2ccc(OCCSc3ccc(Cl)cc3)c(OCC)c2)s1. The second kappa shape index (κ2) is 13.7. The van der Waals surface area contributed by atoms with Crippen LogP contribution in [0.1, 0.15) is 30.8 Å². The van der Waals surface area contributed by atoms with Crippen LogP contribution in [-0.2, 0) is 11.2 Å². The van der Waals surface area contributed by atoms with Gasteiger partial charge in [-0.05, 0) is 61.4 Å². The number of carbonyl (C=O) groups excluding carboxylic acids is 1. The summed E-state index contributed by atoms with van der Waals surface area (Å²) in [6, 6.07) is 14.9. The zero-order chi connectivity index (χ0) is 25.0. The molecule has 3 rings (SSSR count). The van der Waals surface area contributed by atoms with E-state index in [1.54, 1.807) is 30.0 Å². The van der Waals surface area contributed by atoms with Gasteiger partial charge >= 0.3 is 0 Å². The molecular weight excluding hydrogens is 504 g/mol. The molecule has 0 saturated heterocycles. The molecule has 0 aliphatic carbocycles. The third-order valence-corrected chi connectivity index (χ3v) is 6.64. The van der Waals surface area contributed by atoms with Gasteiger partial charge in [-0.3, -0.25) is 10.1 Å². The molecule has 35 heavy (non-hydrogen) atoms. The number of nitrogens with zero attached hydrogens (tertiary/aromatic N) is 3. The number of thioether (sulfide) groups is 1. The Morgan fingerprint density at radius 1 is 1.17 bits per heavy atom. The quantitative estimate of drug-likeness (QED) is 0.128. The average Bonchev–Trinajstić information content (AvgIpc) is 3.29. The molecule has 1 heterocycles. The van der Waals surface area contributed by atoms with Gasteiger partial charge in [0.25, 0.3) is 5.91 Å². The van der Waals surface area contributed by atoms with Crippen molar-refractivity contribution in [2.45, 2.75) is 31.6 Å². The highest BCUT2D eigenvalue weighted by molar-refractivity contribution is 7.99. The Morgan fingerprint density at radius 2 is 1.97 bits per heavy atom. The molecule has 0 saturated carbocycles. The summed E-state index contributed by atoms with van der Waals surface area (Å²) < 4.78 is 11.6. The monoisotopic (exact) mass is 528 g/mol. The average molecular weight is 529 g/mol. The molecule has 10 heteroatoms. The molecule has 0 unspecified atom stereocenters. The van der Waals surface area contributed by atoms with Crippen LogP contribution >= 0.6 is 34.7 Å². The Morgan fingerprint density at radius 3 is 2.69 bits per heavy atom. The van der Waals surface area contributed by atoms with Crippen LogP contribution in [0.5, 0.6) is 11.5 Å². The number of amides is 1. The third-order valence-electron chi connectivity index (χ3n) is 4.52. The van der Waals surface area contributed by atoms with Crippen molar-refractivity contribution in [2.75, 3.05) is 24.3 Å². The topological polar surface area (TPSA) is 97.1 Å². The summed E-state index contributed by atoms with van der Waals surface area (Å²) in [5, 5.41) is 22.1. The predicted octanol–water partition coefficient (Wildman–Crippen LogP) is 6.26. The normalized spacial score (nSPS) is 11.1. The lowest BCUT2D eigenvalue weighted by molar-refractivity contribution is -0.112. The lowest BCUT2D eigenvalue weighted by Gasteiger charge is -2.13. The highest BCUT2D eigenvalue weighted by atomic mass is 35.5. The second-order valence-electron chi connectivity index (χ2n) is 7.16. The minimum Gasteiger partial charge on any atom is -0.490 e. The lowest BCUT2D eigenvalue weighted by Crippen LogP contribution is -2.13. The number of carbonyl (C=O) groups is 1. The van der Waals surface area contributed by atoms with Gasteiger partial charge in [-0.1, -0.05) is 35.9 Å². The van der Waals surface area contributed by atoms with Crippen LogP contribution < -0.4 is 14.8 Å². The molecule has 0 aliphatic rings. The lowest BCUT2D eigenvalue weighted by atomic mass is 10.1. The van der Waals surface area contributed by atoms with Crippen LogP contribution in [0.25, 0.3) is 6.08 Å². The molecule has 1 N–H and O–H groups in total. The fourth-order valence-electron chi connectivity index (χ4n) is 2.94. The summed E-state index contributed by atoms with van der Waals surface area (Å²) >= 11 is 8.89. The maximum absolute atomic E-state index is 12.6. The van der Waals surface area contributed by atoms with Gasteiger partial charge in [0.1, 0.15) is 16.6 Å². The van der Waals surface area contributed by atoms with Crippen molar-refractivity contribution < 1.29 is 14.3 Å². The molecule has 3 aromatic rings. The minimum atomic E-state index is -0.538. The molecule has 7 nitrogen and oxygen atoms in total. The molecule has 1 aromatic heterocycles. The van der Waals surface area contributed by atoms with E-state index in [0.717, 1.165) is 28.5 Å². The van der Waals surface area contributed by atoms with Crippen molar-refractivity contribution in [3.05, 3.63) is 63.6 Å². The number of benzene rings is 2. The Balaban J connectivity index is 1.64. The van der Waals surface area contributed by atoms with Gasteiger partial charge in [-0.2, -0.15) is 5.26 Å². The van der Waals surface area contributed by atoms with Crippen molar-refractivity contribution in [2.24, 2.45) is 0 Å². The van der Waals surface area contributed by atoms with Gasteiger partial charge in [0, 0.05) is 22.1 Å². The first kappa shape index (κ1) is 26.5. The van der Waals surface area contributed by atoms with Gasteiger partial charge in [0.2, 0.25) is 5.13 Å². The van der Waals surface area contributed by atoms with Crippen molar-refractivity contribution in [3.63, 3.8) is 0 Å². The van der Waals surface area contributed by atoms with Crippen LogP contribution in [0.4, 0.5) is 5.13 Å². The first-order chi connectivity index (χ1) is 17.0. The number of halogens is 1. The molecular formula is C25H25ClN4O3S2. The first-order valence-electron chi connectivity index (χ1n) is 11.1. The van der Waals surface area contributed by atoms with E-state index in [1.165, 1.54) is 17.4 Å². The van der Waals surface area contributed by atoms with Crippen molar-refractivity contribution >= 4 is 51.8 Å². The van der Waals surface area contributed by atoms with Crippen molar-refractivity contribution in [1.29, 1.82) is 5.26 Å². The molecule has 0 aliphatic heterocycles. The maximum atomic E-state index is 12.6. The van der Waals surface area contributed by atoms with Crippen LogP contribution in [0.2, 0.25) is 5.02 Å². The van der Waals surface area contributed by atoms with Crippen molar-refractivity contribution in [3.8, 4) is 17.6 Å². The van der Waals surface area contributed by atoms with E-state index in [1.807, 2.05) is 44.2 Å². The van der Waals surface area contributed by atoms with Crippen molar-refractivity contribution in [1.82, 2.24) is 10.2 Å². The minimum absolute atomic E-state index is 0.0484. The summed E-state index contributed by atoms with van der Waals surface area (Å²) in [7, 11) is 0. The molecule has 0 fully saturated rings. The summed E-state index contributed by atoms with van der Waals surface area (Å²) in [5.41, 5.74) is 0.597. The van der Waals surface area contributed by atoms with Gasteiger partial charge in [-0.25, -0.2) is 0 Å². The molecule has 0 bridgehead atoms. The molecule has 2 aromatic carbocycles. The van der Waals surface area contributed by atoms with E-state index < -0.39 is 5.91 Å². The van der Waals surface area contributed by atoms with E-state index in [9.17, 15) is 10.1 Å².